The number of aromatic nitrogens is 1. The van der Waals surface area contributed by atoms with Crippen molar-refractivity contribution in [2.24, 2.45) is 0 Å². The minimum Gasteiger partial charge on any atom is -0.309 e. The molecule has 332 valence electrons. The van der Waals surface area contributed by atoms with Crippen molar-refractivity contribution in [2.75, 3.05) is 0 Å². The van der Waals surface area contributed by atoms with Crippen LogP contribution >= 0.6 is 0 Å². The van der Waals surface area contributed by atoms with Crippen molar-refractivity contribution < 1.29 is 4.39 Å². The second-order valence-electron chi connectivity index (χ2n) is 16.6. The Kier molecular flexibility index (Phi) is 19.9. The van der Waals surface area contributed by atoms with Gasteiger partial charge in [0.2, 0.25) is 0 Å². The maximum absolute atomic E-state index is 14.9. The molecule has 4 atom stereocenters. The van der Waals surface area contributed by atoms with Crippen molar-refractivity contribution in [2.45, 2.75) is 119 Å². The predicted octanol–water partition coefficient (Wildman–Crippen LogP) is 18.3. The van der Waals surface area contributed by atoms with Gasteiger partial charge in [0.15, 0.2) is 0 Å². The smallest absolute Gasteiger partial charge is 0.126 e. The van der Waals surface area contributed by atoms with Crippen molar-refractivity contribution in [3.63, 3.8) is 0 Å². The SMILES string of the molecule is C=C.CC.CC#CC(CC(C)c1ccccc1F)c1ccccc1-c1c(C)c2c(n1-c1cccc(C(C)/C=C(\C)c3ccccc3)c1)C=CCC2C.CCC(C)=C(C)c1ccccc1. The van der Waals surface area contributed by atoms with Crippen LogP contribution in [0.2, 0.25) is 0 Å². The Hall–Kier alpha value is -6.17. The van der Waals surface area contributed by atoms with Crippen LogP contribution in [0.1, 0.15) is 157 Å². The molecule has 0 spiro atoms. The number of fused-ring (bicyclic) bond motifs is 1. The lowest BCUT2D eigenvalue weighted by Gasteiger charge is -2.22. The molecule has 7 rings (SSSR count). The molecular weight excluding hydrogens is 778 g/mol. The normalized spacial score (nSPS) is 14.6. The molecule has 2 heteroatoms. The molecule has 64 heavy (non-hydrogen) atoms. The van der Waals surface area contributed by atoms with Crippen LogP contribution in [0.4, 0.5) is 4.39 Å². The Bertz CT molecular complexity index is 2550. The molecule has 0 saturated heterocycles. The van der Waals surface area contributed by atoms with Gasteiger partial charge in [0, 0.05) is 22.9 Å². The fraction of sp³-hybridized carbons (Fsp3) is 0.290. The van der Waals surface area contributed by atoms with Crippen molar-refractivity contribution >= 4 is 17.2 Å². The van der Waals surface area contributed by atoms with Gasteiger partial charge in [-0.2, -0.15) is 0 Å². The van der Waals surface area contributed by atoms with Crippen LogP contribution in [0.3, 0.4) is 0 Å². The summed E-state index contributed by atoms with van der Waals surface area (Å²) < 4.78 is 17.4. The highest BCUT2D eigenvalue weighted by Gasteiger charge is 2.29. The van der Waals surface area contributed by atoms with E-state index in [-0.39, 0.29) is 23.6 Å². The predicted molar refractivity (Wildman–Crippen MR) is 280 cm³/mol. The lowest BCUT2D eigenvalue weighted by molar-refractivity contribution is 0.564. The molecule has 0 aliphatic heterocycles. The Morgan fingerprint density at radius 2 is 1.39 bits per heavy atom. The number of benzene rings is 5. The first-order chi connectivity index (χ1) is 31.0. The van der Waals surface area contributed by atoms with Gasteiger partial charge in [0.05, 0.1) is 5.69 Å². The molecule has 0 saturated carbocycles. The third-order valence-electron chi connectivity index (χ3n) is 12.5. The number of hydrogen-bond donors (Lipinski definition) is 0. The number of allylic oxidation sites excluding steroid dienone is 5. The Morgan fingerprint density at radius 1 is 0.797 bits per heavy atom. The third kappa shape index (κ3) is 12.3. The van der Waals surface area contributed by atoms with Crippen molar-refractivity contribution in [1.82, 2.24) is 4.57 Å². The van der Waals surface area contributed by atoms with Gasteiger partial charge in [0.25, 0.3) is 0 Å². The van der Waals surface area contributed by atoms with Gasteiger partial charge in [-0.25, -0.2) is 4.39 Å². The highest BCUT2D eigenvalue weighted by molar-refractivity contribution is 5.78. The van der Waals surface area contributed by atoms with E-state index in [0.717, 1.165) is 30.5 Å². The van der Waals surface area contributed by atoms with Crippen LogP contribution < -0.4 is 0 Å². The lowest BCUT2D eigenvalue weighted by Crippen LogP contribution is -2.08. The molecule has 0 N–H and O–H groups in total. The highest BCUT2D eigenvalue weighted by atomic mass is 19.1. The molecule has 1 nitrogen and oxygen atoms in total. The summed E-state index contributed by atoms with van der Waals surface area (Å²) in [6, 6.07) is 46.1. The second-order valence-corrected chi connectivity index (χ2v) is 16.6. The van der Waals surface area contributed by atoms with Crippen LogP contribution in [0.25, 0.3) is 34.2 Å². The van der Waals surface area contributed by atoms with E-state index in [1.807, 2.05) is 32.9 Å². The molecule has 1 aliphatic carbocycles. The van der Waals surface area contributed by atoms with E-state index in [1.54, 1.807) is 12.1 Å². The molecule has 4 unspecified atom stereocenters. The van der Waals surface area contributed by atoms with E-state index in [1.165, 1.54) is 67.1 Å². The summed E-state index contributed by atoms with van der Waals surface area (Å²) in [5.41, 5.74) is 17.5. The van der Waals surface area contributed by atoms with Gasteiger partial charge in [0.1, 0.15) is 5.82 Å². The molecule has 6 aromatic rings. The van der Waals surface area contributed by atoms with E-state index in [2.05, 4.69) is 212 Å². The third-order valence-corrected chi connectivity index (χ3v) is 12.5. The Labute approximate surface area is 387 Å². The van der Waals surface area contributed by atoms with Gasteiger partial charge >= 0.3 is 0 Å². The van der Waals surface area contributed by atoms with Crippen molar-refractivity contribution in [3.05, 3.63) is 215 Å². The van der Waals surface area contributed by atoms with Gasteiger partial charge < -0.3 is 4.57 Å². The van der Waals surface area contributed by atoms with E-state index in [4.69, 9.17) is 0 Å². The number of halogens is 1. The van der Waals surface area contributed by atoms with Crippen LogP contribution in [-0.2, 0) is 0 Å². The first kappa shape index (κ1) is 50.5. The van der Waals surface area contributed by atoms with E-state index in [9.17, 15) is 4.39 Å². The Balaban J connectivity index is 0.000000479. The fourth-order valence-corrected chi connectivity index (χ4v) is 8.83. The average Bonchev–Trinajstić information content (AvgIpc) is 3.65. The number of rotatable bonds is 11. The molecule has 0 radical (unpaired) electrons. The summed E-state index contributed by atoms with van der Waals surface area (Å²) in [4.78, 5) is 0. The molecule has 1 aliphatic rings. The maximum atomic E-state index is 14.9. The van der Waals surface area contributed by atoms with Crippen molar-refractivity contribution in [3.8, 4) is 28.8 Å². The molecule has 1 heterocycles. The molecule has 0 fully saturated rings. The highest BCUT2D eigenvalue weighted by Crippen LogP contribution is 2.45. The van der Waals surface area contributed by atoms with Crippen molar-refractivity contribution in [1.29, 1.82) is 0 Å². The van der Waals surface area contributed by atoms with Crippen LogP contribution in [0.5, 0.6) is 0 Å². The standard InChI is InChI=1S/C46H46FN.C12H16.C2H6.C2H4/c1-7-17-38(29-34(5)40-23-13-14-26-43(40)47)41-24-11-12-25-42(41)46-35(6)45-31(2)18-15-27-44(45)48(46)39-22-16-21-37(30-39)33(4)28-32(3)36-19-9-8-10-20-36;1-4-10(2)11(3)12-8-6-5-7-9-12;2*1-2/h8-16,19-28,30-31,33-34,38H,18,29H2,1-6H3;5-9H,4H2,1-3H3;1-2H3;1-2H2/b32-28+;;;. The van der Waals surface area contributed by atoms with Gasteiger partial charge in [-0.15, -0.1) is 19.1 Å². The fourth-order valence-electron chi connectivity index (χ4n) is 8.83. The van der Waals surface area contributed by atoms with E-state index < -0.39 is 0 Å². The maximum Gasteiger partial charge on any atom is 0.126 e. The molecule has 5 aromatic carbocycles. The first-order valence-corrected chi connectivity index (χ1v) is 23.3. The quantitative estimate of drug-likeness (QED) is 0.0904. The minimum atomic E-state index is -0.150. The number of hydrogen-bond acceptors (Lipinski definition) is 0. The first-order valence-electron chi connectivity index (χ1n) is 23.3. The zero-order chi connectivity index (χ0) is 46.8. The van der Waals surface area contributed by atoms with Gasteiger partial charge in [-0.3, -0.25) is 0 Å². The molecule has 0 bridgehead atoms. The summed E-state index contributed by atoms with van der Waals surface area (Å²) >= 11 is 0. The Morgan fingerprint density at radius 3 is 2.02 bits per heavy atom. The monoisotopic (exact) mass is 850 g/mol. The molecule has 1 aromatic heterocycles. The van der Waals surface area contributed by atoms with Crippen LogP contribution in [0, 0.1) is 24.6 Å². The molecular formula is C62H72FN. The van der Waals surface area contributed by atoms with Crippen LogP contribution in [-0.4, -0.2) is 4.57 Å². The molecule has 0 amide bonds. The summed E-state index contributed by atoms with van der Waals surface area (Å²) in [7, 11) is 0. The number of nitrogens with zero attached hydrogens (tertiary/aromatic N) is 1. The van der Waals surface area contributed by atoms with E-state index >= 15 is 0 Å². The van der Waals surface area contributed by atoms with Crippen LogP contribution in [0.15, 0.2) is 164 Å². The summed E-state index contributed by atoms with van der Waals surface area (Å²) in [6.07, 6.45) is 9.90. The summed E-state index contributed by atoms with van der Waals surface area (Å²) in [5.74, 6) is 7.22. The minimum absolute atomic E-state index is 0.0136. The zero-order valence-electron chi connectivity index (χ0n) is 40.6. The topological polar surface area (TPSA) is 4.93 Å². The van der Waals surface area contributed by atoms with E-state index in [0.29, 0.717) is 5.92 Å². The summed E-state index contributed by atoms with van der Waals surface area (Å²) in [6.45, 7) is 29.7. The summed E-state index contributed by atoms with van der Waals surface area (Å²) in [5, 5.41) is 0. The van der Waals surface area contributed by atoms with Gasteiger partial charge in [-0.05, 0) is 146 Å². The largest absolute Gasteiger partial charge is 0.309 e. The lowest BCUT2D eigenvalue weighted by atomic mass is 9.83. The average molecular weight is 850 g/mol. The second kappa shape index (κ2) is 25.2. The van der Waals surface area contributed by atoms with Gasteiger partial charge in [-0.1, -0.05) is 180 Å². The zero-order valence-corrected chi connectivity index (χ0v) is 40.6.